The molecule has 9 heteroatoms. The number of nitrogens with zero attached hydrogens (tertiary/aromatic N) is 3. The van der Waals surface area contributed by atoms with Gasteiger partial charge in [0, 0.05) is 13.1 Å². The van der Waals surface area contributed by atoms with Crippen molar-refractivity contribution in [1.82, 2.24) is 14.5 Å². The molecule has 0 aliphatic heterocycles. The van der Waals surface area contributed by atoms with Crippen LogP contribution in [-0.4, -0.2) is 46.9 Å². The first-order chi connectivity index (χ1) is 14.5. The number of hydrogen-bond donors (Lipinski definition) is 0. The number of hydrogen-bond acceptors (Lipinski definition) is 5. The minimum Gasteiger partial charge on any atom is -0.493 e. The number of para-hydroxylation sites is 2. The molecule has 0 saturated heterocycles. The highest BCUT2D eigenvalue weighted by atomic mass is 32.2. The van der Waals surface area contributed by atoms with Crippen molar-refractivity contribution in [2.24, 2.45) is 0 Å². The van der Waals surface area contributed by atoms with Crippen molar-refractivity contribution in [2.75, 3.05) is 26.5 Å². The SMILES string of the molecule is CCN(Cc1ccc(OC)c(OC)c1)C(=O)CSc1nc2ccccc2n1C(F)F. The van der Waals surface area contributed by atoms with Crippen molar-refractivity contribution in [1.29, 1.82) is 0 Å². The number of carbonyl (C=O) groups is 1. The van der Waals surface area contributed by atoms with Crippen molar-refractivity contribution in [3.05, 3.63) is 48.0 Å². The Bertz CT molecular complexity index is 1030. The van der Waals surface area contributed by atoms with Gasteiger partial charge in [0.2, 0.25) is 5.91 Å². The molecule has 0 fully saturated rings. The molecule has 0 N–H and O–H groups in total. The highest BCUT2D eigenvalue weighted by Gasteiger charge is 2.20. The molecule has 0 unspecified atom stereocenters. The van der Waals surface area contributed by atoms with Crippen LogP contribution < -0.4 is 9.47 Å². The Kier molecular flexibility index (Phi) is 7.15. The Morgan fingerprint density at radius 2 is 1.90 bits per heavy atom. The van der Waals surface area contributed by atoms with Gasteiger partial charge in [-0.15, -0.1) is 0 Å². The number of ether oxygens (including phenoxy) is 2. The maximum absolute atomic E-state index is 13.6. The average Bonchev–Trinajstić information content (AvgIpc) is 3.14. The van der Waals surface area contributed by atoms with Gasteiger partial charge in [-0.2, -0.15) is 8.78 Å². The number of alkyl halides is 2. The van der Waals surface area contributed by atoms with Crippen LogP contribution in [-0.2, 0) is 11.3 Å². The molecular weight excluding hydrogens is 412 g/mol. The molecule has 3 aromatic rings. The van der Waals surface area contributed by atoms with Gasteiger partial charge in [-0.3, -0.25) is 9.36 Å². The van der Waals surface area contributed by atoms with E-state index in [4.69, 9.17) is 9.47 Å². The lowest BCUT2D eigenvalue weighted by molar-refractivity contribution is -0.128. The van der Waals surface area contributed by atoms with Crippen LogP contribution in [0.5, 0.6) is 11.5 Å². The Morgan fingerprint density at radius 3 is 2.57 bits per heavy atom. The molecule has 0 bridgehead atoms. The highest BCUT2D eigenvalue weighted by Crippen LogP contribution is 2.30. The Labute approximate surface area is 177 Å². The molecule has 0 spiro atoms. The molecule has 0 aliphatic rings. The van der Waals surface area contributed by atoms with Crippen molar-refractivity contribution in [3.8, 4) is 11.5 Å². The molecule has 0 saturated carbocycles. The second-order valence-corrected chi connectivity index (χ2v) is 7.36. The molecule has 160 valence electrons. The number of imidazole rings is 1. The lowest BCUT2D eigenvalue weighted by atomic mass is 10.2. The van der Waals surface area contributed by atoms with Crippen LogP contribution in [0.1, 0.15) is 19.0 Å². The molecule has 1 aromatic heterocycles. The maximum Gasteiger partial charge on any atom is 0.321 e. The predicted octanol–water partition coefficient (Wildman–Crippen LogP) is 4.59. The largest absolute Gasteiger partial charge is 0.493 e. The van der Waals surface area contributed by atoms with Crippen LogP contribution in [0.2, 0.25) is 0 Å². The molecule has 1 amide bonds. The topological polar surface area (TPSA) is 56.6 Å². The van der Waals surface area contributed by atoms with Gasteiger partial charge in [-0.05, 0) is 36.8 Å². The number of aromatic nitrogens is 2. The lowest BCUT2D eigenvalue weighted by Gasteiger charge is -2.21. The first-order valence-corrected chi connectivity index (χ1v) is 10.3. The zero-order chi connectivity index (χ0) is 21.7. The summed E-state index contributed by atoms with van der Waals surface area (Å²) < 4.78 is 38.5. The fourth-order valence-electron chi connectivity index (χ4n) is 3.11. The quantitative estimate of drug-likeness (QED) is 0.460. The van der Waals surface area contributed by atoms with Crippen molar-refractivity contribution in [3.63, 3.8) is 0 Å². The molecule has 30 heavy (non-hydrogen) atoms. The second kappa shape index (κ2) is 9.80. The first kappa shape index (κ1) is 21.9. The smallest absolute Gasteiger partial charge is 0.321 e. The number of fused-ring (bicyclic) bond motifs is 1. The zero-order valence-corrected chi connectivity index (χ0v) is 17.8. The second-order valence-electron chi connectivity index (χ2n) is 6.42. The number of methoxy groups -OCH3 is 2. The summed E-state index contributed by atoms with van der Waals surface area (Å²) in [6, 6.07) is 12.2. The number of rotatable bonds is 9. The molecule has 2 aromatic carbocycles. The Morgan fingerprint density at radius 1 is 1.17 bits per heavy atom. The fourth-order valence-corrected chi connectivity index (χ4v) is 4.02. The van der Waals surface area contributed by atoms with E-state index in [1.165, 1.54) is 0 Å². The minimum absolute atomic E-state index is 0.0111. The molecule has 0 radical (unpaired) electrons. The number of thioether (sulfide) groups is 1. The van der Waals surface area contributed by atoms with Gasteiger partial charge in [0.15, 0.2) is 16.7 Å². The van der Waals surface area contributed by atoms with Crippen LogP contribution in [0.25, 0.3) is 11.0 Å². The van der Waals surface area contributed by atoms with Gasteiger partial charge in [0.25, 0.3) is 0 Å². The molecule has 1 heterocycles. The van der Waals surface area contributed by atoms with Crippen LogP contribution in [0.4, 0.5) is 8.78 Å². The Balaban J connectivity index is 1.72. The van der Waals surface area contributed by atoms with Gasteiger partial charge in [-0.1, -0.05) is 30.0 Å². The third kappa shape index (κ3) is 4.67. The first-order valence-electron chi connectivity index (χ1n) is 9.35. The molecule has 0 atom stereocenters. The van der Waals surface area contributed by atoms with E-state index in [9.17, 15) is 13.6 Å². The summed E-state index contributed by atoms with van der Waals surface area (Å²) in [5, 5.41) is 0.127. The molecule has 3 rings (SSSR count). The van der Waals surface area contributed by atoms with E-state index >= 15 is 0 Å². The van der Waals surface area contributed by atoms with Gasteiger partial charge in [-0.25, -0.2) is 4.98 Å². The van der Waals surface area contributed by atoms with Crippen molar-refractivity contribution >= 4 is 28.7 Å². The van der Waals surface area contributed by atoms with Crippen LogP contribution in [0.15, 0.2) is 47.6 Å². The standard InChI is InChI=1S/C21H23F2N3O3S/c1-4-25(12-14-9-10-17(28-2)18(11-14)29-3)19(27)13-30-21-24-15-7-5-6-8-16(15)26(21)20(22)23/h5-11,20H,4,12-13H2,1-3H3. The summed E-state index contributed by atoms with van der Waals surface area (Å²) in [5.74, 6) is 1.04. The fraction of sp³-hybridized carbons (Fsp3) is 0.333. The summed E-state index contributed by atoms with van der Waals surface area (Å²) in [6.45, 7) is 0.00199. The van der Waals surface area contributed by atoms with E-state index in [1.54, 1.807) is 49.5 Å². The van der Waals surface area contributed by atoms with E-state index in [0.29, 0.717) is 35.6 Å². The summed E-state index contributed by atoms with van der Waals surface area (Å²) in [5.41, 5.74) is 1.71. The lowest BCUT2D eigenvalue weighted by Crippen LogP contribution is -2.31. The monoisotopic (exact) mass is 435 g/mol. The van der Waals surface area contributed by atoms with Gasteiger partial charge in [0.1, 0.15) is 0 Å². The highest BCUT2D eigenvalue weighted by molar-refractivity contribution is 7.99. The van der Waals surface area contributed by atoms with E-state index in [-0.39, 0.29) is 16.8 Å². The van der Waals surface area contributed by atoms with Crippen molar-refractivity contribution < 1.29 is 23.0 Å². The van der Waals surface area contributed by atoms with Crippen LogP contribution >= 0.6 is 11.8 Å². The van der Waals surface area contributed by atoms with E-state index < -0.39 is 6.55 Å². The average molecular weight is 435 g/mol. The maximum atomic E-state index is 13.6. The summed E-state index contributed by atoms with van der Waals surface area (Å²) >= 11 is 1.01. The Hall–Kier alpha value is -2.81. The van der Waals surface area contributed by atoms with Gasteiger partial charge >= 0.3 is 6.55 Å². The van der Waals surface area contributed by atoms with Crippen molar-refractivity contribution in [2.45, 2.75) is 25.2 Å². The number of amides is 1. The predicted molar refractivity (Wildman–Crippen MR) is 112 cm³/mol. The van der Waals surface area contributed by atoms with E-state index in [1.807, 2.05) is 19.1 Å². The number of halogens is 2. The summed E-state index contributed by atoms with van der Waals surface area (Å²) in [7, 11) is 3.11. The third-order valence-electron chi connectivity index (χ3n) is 4.64. The van der Waals surface area contributed by atoms with Crippen LogP contribution in [0, 0.1) is 0 Å². The normalized spacial score (nSPS) is 11.1. The molecule has 0 aliphatic carbocycles. The van der Waals surface area contributed by atoms with E-state index in [0.717, 1.165) is 21.9 Å². The third-order valence-corrected chi connectivity index (χ3v) is 5.58. The van der Waals surface area contributed by atoms with Gasteiger partial charge in [0.05, 0.1) is 31.0 Å². The van der Waals surface area contributed by atoms with E-state index in [2.05, 4.69) is 4.98 Å². The van der Waals surface area contributed by atoms with Gasteiger partial charge < -0.3 is 14.4 Å². The van der Waals surface area contributed by atoms with Crippen LogP contribution in [0.3, 0.4) is 0 Å². The summed E-state index contributed by atoms with van der Waals surface area (Å²) in [6.07, 6.45) is 0. The minimum atomic E-state index is -2.73. The molecule has 6 nitrogen and oxygen atoms in total. The number of carbonyl (C=O) groups excluding carboxylic acids is 1. The zero-order valence-electron chi connectivity index (χ0n) is 17.0. The summed E-state index contributed by atoms with van der Waals surface area (Å²) in [4.78, 5) is 18.7. The number of benzene rings is 2. The molecular formula is C21H23F2N3O3S.